The van der Waals surface area contributed by atoms with Gasteiger partial charge in [-0.25, -0.2) is 0 Å². The van der Waals surface area contributed by atoms with Crippen LogP contribution in [0.1, 0.15) is 10.4 Å². The third-order valence-corrected chi connectivity index (χ3v) is 2.83. The van der Waals surface area contributed by atoms with Gasteiger partial charge in [0.25, 0.3) is 11.9 Å². The molecule has 0 aliphatic rings. The van der Waals surface area contributed by atoms with E-state index in [1.165, 1.54) is 6.20 Å². The first-order chi connectivity index (χ1) is 8.61. The standard InChI is InChI=1S/C10H7Cl2N5O/c1-2-17-15-10(14-16-17)13-9(18)6-4-3-5-7(11)8(6)12/h2-5H,1H2,(H,13,15,18). The summed E-state index contributed by atoms with van der Waals surface area (Å²) in [6.07, 6.45) is 1.34. The average Bonchev–Trinajstić information content (AvgIpc) is 2.80. The molecular weight excluding hydrogens is 277 g/mol. The molecule has 0 radical (unpaired) electrons. The van der Waals surface area contributed by atoms with Crippen molar-refractivity contribution in [1.82, 2.24) is 20.2 Å². The number of halogens is 2. The van der Waals surface area contributed by atoms with Gasteiger partial charge in [0.2, 0.25) is 0 Å². The fraction of sp³-hybridized carbons (Fsp3) is 0. The molecule has 2 rings (SSSR count). The second-order valence-corrected chi connectivity index (χ2v) is 3.96. The minimum atomic E-state index is -0.467. The highest BCUT2D eigenvalue weighted by atomic mass is 35.5. The van der Waals surface area contributed by atoms with Gasteiger partial charge in [0.1, 0.15) is 0 Å². The second kappa shape index (κ2) is 5.16. The summed E-state index contributed by atoms with van der Waals surface area (Å²) in [7, 11) is 0. The maximum Gasteiger partial charge on any atom is 0.270 e. The van der Waals surface area contributed by atoms with E-state index >= 15 is 0 Å². The molecule has 0 saturated heterocycles. The van der Waals surface area contributed by atoms with Crippen molar-refractivity contribution in [1.29, 1.82) is 0 Å². The Morgan fingerprint density at radius 2 is 2.22 bits per heavy atom. The van der Waals surface area contributed by atoms with E-state index in [-0.39, 0.29) is 16.5 Å². The number of hydrogen-bond acceptors (Lipinski definition) is 4. The van der Waals surface area contributed by atoms with Crippen LogP contribution in [-0.4, -0.2) is 26.1 Å². The van der Waals surface area contributed by atoms with Gasteiger partial charge in [0.15, 0.2) is 0 Å². The number of rotatable bonds is 3. The van der Waals surface area contributed by atoms with E-state index in [0.717, 1.165) is 4.80 Å². The van der Waals surface area contributed by atoms with E-state index in [2.05, 4.69) is 27.3 Å². The van der Waals surface area contributed by atoms with Crippen molar-refractivity contribution in [2.24, 2.45) is 0 Å². The van der Waals surface area contributed by atoms with Crippen LogP contribution in [-0.2, 0) is 0 Å². The summed E-state index contributed by atoms with van der Waals surface area (Å²) in [5, 5.41) is 13.9. The topological polar surface area (TPSA) is 72.7 Å². The van der Waals surface area contributed by atoms with Gasteiger partial charge in [0, 0.05) is 6.20 Å². The van der Waals surface area contributed by atoms with Crippen LogP contribution >= 0.6 is 23.2 Å². The molecule has 18 heavy (non-hydrogen) atoms. The van der Waals surface area contributed by atoms with Gasteiger partial charge in [-0.1, -0.05) is 40.9 Å². The molecule has 92 valence electrons. The second-order valence-electron chi connectivity index (χ2n) is 3.17. The molecule has 0 atom stereocenters. The van der Waals surface area contributed by atoms with Crippen molar-refractivity contribution in [3.63, 3.8) is 0 Å². The fourth-order valence-corrected chi connectivity index (χ4v) is 1.59. The van der Waals surface area contributed by atoms with Gasteiger partial charge >= 0.3 is 0 Å². The zero-order chi connectivity index (χ0) is 13.1. The van der Waals surface area contributed by atoms with Crippen LogP contribution in [0, 0.1) is 0 Å². The smallest absolute Gasteiger partial charge is 0.270 e. The third kappa shape index (κ3) is 2.49. The van der Waals surface area contributed by atoms with Gasteiger partial charge in [-0.15, -0.1) is 9.90 Å². The predicted octanol–water partition coefficient (Wildman–Crippen LogP) is 2.33. The van der Waals surface area contributed by atoms with Crippen molar-refractivity contribution in [2.75, 3.05) is 5.32 Å². The summed E-state index contributed by atoms with van der Waals surface area (Å²) in [4.78, 5) is 13.0. The fourth-order valence-electron chi connectivity index (χ4n) is 1.20. The molecule has 1 heterocycles. The maximum atomic E-state index is 11.9. The molecule has 0 aliphatic heterocycles. The highest BCUT2D eigenvalue weighted by molar-refractivity contribution is 6.44. The lowest BCUT2D eigenvalue weighted by molar-refractivity contribution is 0.102. The summed E-state index contributed by atoms with van der Waals surface area (Å²) >= 11 is 11.7. The number of aromatic nitrogens is 4. The van der Waals surface area contributed by atoms with Crippen LogP contribution in [0.4, 0.5) is 5.95 Å². The Bertz CT molecular complexity index is 610. The quantitative estimate of drug-likeness (QED) is 0.938. The lowest BCUT2D eigenvalue weighted by Crippen LogP contribution is -2.13. The first-order valence-corrected chi connectivity index (χ1v) is 5.55. The van der Waals surface area contributed by atoms with E-state index in [1.54, 1.807) is 18.2 Å². The molecular formula is C10H7Cl2N5O. The molecule has 8 heteroatoms. The monoisotopic (exact) mass is 283 g/mol. The lowest BCUT2D eigenvalue weighted by atomic mass is 10.2. The predicted molar refractivity (Wildman–Crippen MR) is 68.6 cm³/mol. The number of carbonyl (C=O) groups is 1. The number of anilines is 1. The Labute approximate surface area is 112 Å². The van der Waals surface area contributed by atoms with Crippen LogP contribution < -0.4 is 5.32 Å². The van der Waals surface area contributed by atoms with Crippen LogP contribution in [0.5, 0.6) is 0 Å². The summed E-state index contributed by atoms with van der Waals surface area (Å²) in [5.41, 5.74) is 0.235. The molecule has 0 fully saturated rings. The van der Waals surface area contributed by atoms with Crippen LogP contribution in [0.2, 0.25) is 10.0 Å². The molecule has 6 nitrogen and oxygen atoms in total. The van der Waals surface area contributed by atoms with Gasteiger partial charge in [-0.3, -0.25) is 10.1 Å². The van der Waals surface area contributed by atoms with E-state index in [0.29, 0.717) is 5.02 Å². The Hall–Kier alpha value is -1.92. The number of carbonyl (C=O) groups excluding carboxylic acids is 1. The molecule has 0 bridgehead atoms. The first kappa shape index (κ1) is 12.5. The Kier molecular flexibility index (Phi) is 3.59. The Morgan fingerprint density at radius 3 is 2.89 bits per heavy atom. The van der Waals surface area contributed by atoms with E-state index in [4.69, 9.17) is 23.2 Å². The highest BCUT2D eigenvalue weighted by Crippen LogP contribution is 2.25. The van der Waals surface area contributed by atoms with Gasteiger partial charge < -0.3 is 0 Å². The average molecular weight is 284 g/mol. The normalized spacial score (nSPS) is 10.1. The van der Waals surface area contributed by atoms with Crippen LogP contribution in [0.15, 0.2) is 24.8 Å². The van der Waals surface area contributed by atoms with Crippen molar-refractivity contribution in [3.05, 3.63) is 40.4 Å². The zero-order valence-electron chi connectivity index (χ0n) is 8.97. The molecule has 1 amide bonds. The van der Waals surface area contributed by atoms with Crippen LogP contribution in [0.25, 0.3) is 6.20 Å². The number of hydrogen-bond donors (Lipinski definition) is 1. The zero-order valence-corrected chi connectivity index (χ0v) is 10.5. The number of amides is 1. The summed E-state index contributed by atoms with van der Waals surface area (Å²) < 4.78 is 0. The van der Waals surface area contributed by atoms with Crippen molar-refractivity contribution < 1.29 is 4.79 Å². The highest BCUT2D eigenvalue weighted by Gasteiger charge is 2.14. The van der Waals surface area contributed by atoms with Gasteiger partial charge in [-0.05, 0) is 17.3 Å². The summed E-state index contributed by atoms with van der Waals surface area (Å²) in [6, 6.07) is 4.76. The molecule has 1 N–H and O–H groups in total. The van der Waals surface area contributed by atoms with E-state index in [9.17, 15) is 4.79 Å². The maximum absolute atomic E-state index is 11.9. The molecule has 0 spiro atoms. The van der Waals surface area contributed by atoms with E-state index in [1.807, 2.05) is 0 Å². The molecule has 2 aromatic rings. The largest absolute Gasteiger partial charge is 0.288 e. The molecule has 1 aromatic carbocycles. The van der Waals surface area contributed by atoms with Gasteiger partial charge in [0.05, 0.1) is 15.6 Å². The lowest BCUT2D eigenvalue weighted by Gasteiger charge is -2.04. The Morgan fingerprint density at radius 1 is 1.44 bits per heavy atom. The third-order valence-electron chi connectivity index (χ3n) is 2.01. The molecule has 0 unspecified atom stereocenters. The van der Waals surface area contributed by atoms with Crippen LogP contribution in [0.3, 0.4) is 0 Å². The minimum Gasteiger partial charge on any atom is -0.288 e. The van der Waals surface area contributed by atoms with Gasteiger partial charge in [-0.2, -0.15) is 0 Å². The minimum absolute atomic E-state index is 0.0518. The number of nitrogens with zero attached hydrogens (tertiary/aromatic N) is 4. The molecule has 0 saturated carbocycles. The van der Waals surface area contributed by atoms with Crippen molar-refractivity contribution >= 4 is 41.3 Å². The molecule has 0 aliphatic carbocycles. The SMILES string of the molecule is C=Cn1nnc(NC(=O)c2cccc(Cl)c2Cl)n1. The van der Waals surface area contributed by atoms with E-state index < -0.39 is 5.91 Å². The molecule has 1 aromatic heterocycles. The van der Waals surface area contributed by atoms with Crippen molar-refractivity contribution in [3.8, 4) is 0 Å². The number of benzene rings is 1. The number of nitrogens with one attached hydrogen (secondary N) is 1. The first-order valence-electron chi connectivity index (χ1n) is 4.79. The summed E-state index contributed by atoms with van der Waals surface area (Å²) in [6.45, 7) is 3.45. The van der Waals surface area contributed by atoms with Crippen molar-refractivity contribution in [2.45, 2.75) is 0 Å². The summed E-state index contributed by atoms with van der Waals surface area (Å²) in [5.74, 6) is -0.415. The Balaban J connectivity index is 2.21. The number of tetrazole rings is 1.